The summed E-state index contributed by atoms with van der Waals surface area (Å²) in [5.41, 5.74) is 1.09. The number of aromatic amines is 1. The van der Waals surface area contributed by atoms with Gasteiger partial charge in [-0.2, -0.15) is 0 Å². The summed E-state index contributed by atoms with van der Waals surface area (Å²) in [6.45, 7) is -2.42. The van der Waals surface area contributed by atoms with Crippen molar-refractivity contribution >= 4 is 18.6 Å². The second kappa shape index (κ2) is 6.23. The van der Waals surface area contributed by atoms with Crippen LogP contribution in [0.25, 0.3) is 0 Å². The molecule has 10 nitrogen and oxygen atoms in total. The zero-order chi connectivity index (χ0) is 20.3. The van der Waals surface area contributed by atoms with Gasteiger partial charge in [0, 0.05) is 6.20 Å². The number of carboxylic acid groups (broad SMARTS) is 1. The van der Waals surface area contributed by atoms with Crippen LogP contribution >= 0.6 is 0 Å². The van der Waals surface area contributed by atoms with E-state index in [-0.39, 0.29) is 41.4 Å². The topological polar surface area (TPSA) is 145 Å². The molecule has 1 aliphatic carbocycles. The first-order valence-corrected chi connectivity index (χ1v) is 9.44. The largest absolute Gasteiger partial charge is 0.669 e. The van der Waals surface area contributed by atoms with Gasteiger partial charge in [0.1, 0.15) is 17.4 Å². The summed E-state index contributed by atoms with van der Waals surface area (Å²) in [5, 5.41) is 29.8. The molecule has 0 bridgehead atoms. The lowest BCUT2D eigenvalue weighted by Gasteiger charge is -2.40. The van der Waals surface area contributed by atoms with Crippen molar-refractivity contribution in [3.05, 3.63) is 41.5 Å². The molecule has 2 atom stereocenters. The van der Waals surface area contributed by atoms with Gasteiger partial charge in [-0.1, -0.05) is 18.3 Å². The molecule has 152 valence electrons. The normalized spacial score (nSPS) is 24.0. The second-order valence-electron chi connectivity index (χ2n) is 7.82. The van der Waals surface area contributed by atoms with Crippen molar-refractivity contribution in [1.82, 2.24) is 14.9 Å². The number of fused-ring (bicyclic) bond motifs is 3. The Morgan fingerprint density at radius 1 is 1.34 bits per heavy atom. The van der Waals surface area contributed by atoms with Crippen molar-refractivity contribution in [2.45, 2.75) is 30.7 Å². The number of likely N-dealkylation sites (tertiary alicyclic amines) is 1. The van der Waals surface area contributed by atoms with Gasteiger partial charge in [-0.05, 0) is 17.5 Å². The number of hydrogen-bond donors (Lipinski definition) is 4. The molecule has 0 radical (unpaired) electrons. The SMILES string of the molecule is O=C(O)c1c(OC2CN(C(=O)Cc3c[nH]cn3)C2)ccc2c1O[B-](O)(O)[C@@H]1C[C@H]21. The average Bonchev–Trinajstić information content (AvgIpc) is 3.28. The Balaban J connectivity index is 1.30. The number of amides is 1. The number of carbonyl (C=O) groups is 2. The fraction of sp³-hybridized carbons (Fsp3) is 0.389. The van der Waals surface area contributed by atoms with E-state index in [9.17, 15) is 24.7 Å². The molecular formula is C18H19BN3O7-. The summed E-state index contributed by atoms with van der Waals surface area (Å²) in [4.78, 5) is 32.5. The molecule has 29 heavy (non-hydrogen) atoms. The van der Waals surface area contributed by atoms with Crippen LogP contribution in [0.2, 0.25) is 5.82 Å². The van der Waals surface area contributed by atoms with Crippen LogP contribution in [0.15, 0.2) is 24.7 Å². The van der Waals surface area contributed by atoms with E-state index in [1.165, 1.54) is 6.33 Å². The summed E-state index contributed by atoms with van der Waals surface area (Å²) < 4.78 is 11.1. The van der Waals surface area contributed by atoms with Gasteiger partial charge < -0.3 is 34.4 Å². The molecule has 1 amide bonds. The zero-order valence-corrected chi connectivity index (χ0v) is 15.3. The van der Waals surface area contributed by atoms with Gasteiger partial charge >= 0.3 is 12.7 Å². The maximum atomic E-state index is 12.2. The van der Waals surface area contributed by atoms with Gasteiger partial charge in [0.05, 0.1) is 37.3 Å². The quantitative estimate of drug-likeness (QED) is 0.518. The van der Waals surface area contributed by atoms with Gasteiger partial charge in [0.15, 0.2) is 0 Å². The average molecular weight is 400 g/mol. The first kappa shape index (κ1) is 18.0. The Bertz CT molecular complexity index is 988. The monoisotopic (exact) mass is 400 g/mol. The van der Waals surface area contributed by atoms with Gasteiger partial charge in [-0.15, -0.1) is 0 Å². The highest BCUT2D eigenvalue weighted by molar-refractivity contribution is 6.62. The molecule has 4 N–H and O–H groups in total. The van der Waals surface area contributed by atoms with Crippen LogP contribution in [0.5, 0.6) is 11.5 Å². The lowest BCUT2D eigenvalue weighted by atomic mass is 9.68. The number of aromatic carboxylic acids is 1. The van der Waals surface area contributed by atoms with Crippen LogP contribution in [0, 0.1) is 0 Å². The molecule has 3 aliphatic rings. The third-order valence-corrected chi connectivity index (χ3v) is 5.83. The number of rotatable bonds is 5. The molecule has 1 saturated carbocycles. The number of nitrogens with zero attached hydrogens (tertiary/aromatic N) is 2. The van der Waals surface area contributed by atoms with Crippen LogP contribution < -0.4 is 9.39 Å². The third kappa shape index (κ3) is 3.02. The highest BCUT2D eigenvalue weighted by Crippen LogP contribution is 2.63. The summed E-state index contributed by atoms with van der Waals surface area (Å²) in [6.07, 6.45) is 3.55. The van der Waals surface area contributed by atoms with Gasteiger partial charge in [-0.3, -0.25) is 4.79 Å². The van der Waals surface area contributed by atoms with E-state index in [1.807, 2.05) is 0 Å². The predicted molar refractivity (Wildman–Crippen MR) is 98.6 cm³/mol. The standard InChI is InChI=1S/C18H19BN3O7/c23-15(3-9-5-20-8-21-9)22-6-10(7-22)28-14-2-1-11-12-4-13(12)19(26,27)29-17(11)16(14)18(24)25/h1-2,5,8,10,12-13,26-27H,3-4,6-7H2,(H,20,21)(H,24,25)/q-1/t12-,13-/m1/s1. The Hall–Kier alpha value is -3.05. The lowest BCUT2D eigenvalue weighted by molar-refractivity contribution is -0.139. The van der Waals surface area contributed by atoms with Crippen LogP contribution in [0.1, 0.15) is 34.0 Å². The molecule has 3 heterocycles. The van der Waals surface area contributed by atoms with E-state index in [4.69, 9.17) is 9.39 Å². The Morgan fingerprint density at radius 2 is 2.14 bits per heavy atom. The number of benzene rings is 1. The number of carbonyl (C=O) groups excluding carboxylic acids is 1. The number of hydrogen-bond acceptors (Lipinski definition) is 7. The predicted octanol–water partition coefficient (Wildman–Crippen LogP) is 0.114. The van der Waals surface area contributed by atoms with Crippen molar-refractivity contribution in [3.63, 3.8) is 0 Å². The summed E-state index contributed by atoms with van der Waals surface area (Å²) in [7, 11) is 0. The van der Waals surface area contributed by atoms with Gasteiger partial charge in [0.25, 0.3) is 0 Å². The van der Waals surface area contributed by atoms with Crippen molar-refractivity contribution < 1.29 is 34.1 Å². The van der Waals surface area contributed by atoms with Crippen LogP contribution in [-0.4, -0.2) is 67.8 Å². The minimum Gasteiger partial charge on any atom is -0.669 e. The van der Waals surface area contributed by atoms with Crippen molar-refractivity contribution in [1.29, 1.82) is 0 Å². The fourth-order valence-electron chi connectivity index (χ4n) is 4.16. The summed E-state index contributed by atoms with van der Waals surface area (Å²) >= 11 is 0. The highest BCUT2D eigenvalue weighted by atomic mass is 16.6. The van der Waals surface area contributed by atoms with Crippen molar-refractivity contribution in [2.75, 3.05) is 13.1 Å². The number of carboxylic acids is 1. The zero-order valence-electron chi connectivity index (χ0n) is 15.3. The summed E-state index contributed by atoms with van der Waals surface area (Å²) in [5.74, 6) is -1.81. The van der Waals surface area contributed by atoms with Crippen LogP contribution in [0.4, 0.5) is 0 Å². The van der Waals surface area contributed by atoms with Gasteiger partial charge in [0.2, 0.25) is 5.91 Å². The van der Waals surface area contributed by atoms with Gasteiger partial charge in [-0.25, -0.2) is 9.78 Å². The number of ether oxygens (including phenoxy) is 1. The molecule has 1 aromatic heterocycles. The molecule has 2 aromatic rings. The smallest absolute Gasteiger partial charge is 0.434 e. The minimum atomic E-state index is -3.08. The Kier molecular flexibility index (Phi) is 3.87. The molecule has 2 aliphatic heterocycles. The van der Waals surface area contributed by atoms with Crippen molar-refractivity contribution in [2.24, 2.45) is 0 Å². The highest BCUT2D eigenvalue weighted by Gasteiger charge is 2.55. The van der Waals surface area contributed by atoms with E-state index in [0.717, 1.165) is 0 Å². The molecular weight excluding hydrogens is 381 g/mol. The molecule has 11 heteroatoms. The molecule has 2 fully saturated rings. The minimum absolute atomic E-state index is 0.0375. The Labute approximate surface area is 165 Å². The number of H-pyrrole nitrogens is 1. The first-order valence-electron chi connectivity index (χ1n) is 9.44. The number of nitrogens with one attached hydrogen (secondary N) is 1. The van der Waals surface area contributed by atoms with E-state index < -0.39 is 18.5 Å². The molecule has 5 rings (SSSR count). The van der Waals surface area contributed by atoms with E-state index in [1.54, 1.807) is 23.2 Å². The Morgan fingerprint density at radius 3 is 2.83 bits per heavy atom. The fourth-order valence-corrected chi connectivity index (χ4v) is 4.16. The molecule has 0 spiro atoms. The van der Waals surface area contributed by atoms with E-state index in [0.29, 0.717) is 30.8 Å². The summed E-state index contributed by atoms with van der Waals surface area (Å²) in [6, 6.07) is 3.29. The van der Waals surface area contributed by atoms with E-state index >= 15 is 0 Å². The second-order valence-corrected chi connectivity index (χ2v) is 7.82. The maximum Gasteiger partial charge on any atom is 0.434 e. The third-order valence-electron chi connectivity index (χ3n) is 5.83. The molecule has 1 aromatic carbocycles. The molecule has 1 saturated heterocycles. The first-order chi connectivity index (χ1) is 13.8. The number of imidazole rings is 1. The van der Waals surface area contributed by atoms with E-state index in [2.05, 4.69) is 9.97 Å². The van der Waals surface area contributed by atoms with Crippen molar-refractivity contribution in [3.8, 4) is 11.5 Å². The lowest BCUT2D eigenvalue weighted by Crippen LogP contribution is -2.56. The maximum absolute atomic E-state index is 12.2. The van der Waals surface area contributed by atoms with Crippen LogP contribution in [0.3, 0.4) is 0 Å². The van der Waals surface area contributed by atoms with Crippen LogP contribution in [-0.2, 0) is 11.2 Å². The molecule has 0 unspecified atom stereocenters. The number of aromatic nitrogens is 2.